The van der Waals surface area contributed by atoms with E-state index in [2.05, 4.69) is 30.1 Å². The van der Waals surface area contributed by atoms with Crippen LogP contribution >= 0.6 is 0 Å². The van der Waals surface area contributed by atoms with Crippen molar-refractivity contribution in [2.45, 2.75) is 57.3 Å². The Hall–Kier alpha value is -0.800. The van der Waals surface area contributed by atoms with Crippen molar-refractivity contribution in [1.82, 2.24) is 10.2 Å². The van der Waals surface area contributed by atoms with Crippen molar-refractivity contribution in [3.63, 3.8) is 0 Å². The Balaban J connectivity index is 1.56. The maximum Gasteiger partial charge on any atom is 0.120 e. The van der Waals surface area contributed by atoms with E-state index in [0.717, 1.165) is 17.8 Å². The summed E-state index contributed by atoms with van der Waals surface area (Å²) < 4.78 is 5.44. The first-order valence-electron chi connectivity index (χ1n) is 6.79. The molecular formula is C14H22N2O. The second-order valence-electron chi connectivity index (χ2n) is 5.61. The minimum Gasteiger partial charge on any atom is -0.468 e. The number of likely N-dealkylation sites (tertiary alicyclic amines) is 1. The van der Waals surface area contributed by atoms with Crippen LogP contribution in [0.15, 0.2) is 22.8 Å². The summed E-state index contributed by atoms with van der Waals surface area (Å²) in [6.07, 6.45) is 5.83. The lowest BCUT2D eigenvalue weighted by molar-refractivity contribution is 0.253. The van der Waals surface area contributed by atoms with Crippen molar-refractivity contribution in [3.8, 4) is 0 Å². The van der Waals surface area contributed by atoms with Gasteiger partial charge in [0.25, 0.3) is 0 Å². The average Bonchev–Trinajstić information content (AvgIpc) is 2.86. The van der Waals surface area contributed by atoms with Gasteiger partial charge in [-0.25, -0.2) is 0 Å². The maximum absolute atomic E-state index is 5.44. The molecule has 1 aliphatic heterocycles. The molecule has 94 valence electrons. The Bertz CT molecular complexity index is 358. The Kier molecular flexibility index (Phi) is 2.97. The zero-order valence-corrected chi connectivity index (χ0v) is 10.7. The van der Waals surface area contributed by atoms with E-state index in [1.54, 1.807) is 6.26 Å². The molecule has 0 bridgehead atoms. The van der Waals surface area contributed by atoms with E-state index < -0.39 is 0 Å². The maximum atomic E-state index is 5.44. The Labute approximate surface area is 103 Å². The fraction of sp³-hybridized carbons (Fsp3) is 0.714. The first-order chi connectivity index (χ1) is 8.24. The highest BCUT2D eigenvalue weighted by Gasteiger charge is 2.38. The van der Waals surface area contributed by atoms with Gasteiger partial charge in [-0.3, -0.25) is 4.90 Å². The summed E-state index contributed by atoms with van der Waals surface area (Å²) in [7, 11) is 0. The van der Waals surface area contributed by atoms with Crippen LogP contribution < -0.4 is 5.32 Å². The number of hydrogen-bond donors (Lipinski definition) is 1. The van der Waals surface area contributed by atoms with Crippen LogP contribution in [-0.4, -0.2) is 29.6 Å². The van der Waals surface area contributed by atoms with Gasteiger partial charge in [-0.2, -0.15) is 0 Å². The zero-order chi connectivity index (χ0) is 11.8. The van der Waals surface area contributed by atoms with E-state index in [9.17, 15) is 0 Å². The molecule has 2 heterocycles. The fourth-order valence-electron chi connectivity index (χ4n) is 3.07. The van der Waals surface area contributed by atoms with Gasteiger partial charge in [-0.05, 0) is 45.2 Å². The Morgan fingerprint density at radius 3 is 2.94 bits per heavy atom. The molecule has 1 saturated carbocycles. The first-order valence-corrected chi connectivity index (χ1v) is 6.79. The summed E-state index contributed by atoms with van der Waals surface area (Å²) in [4.78, 5) is 2.67. The average molecular weight is 234 g/mol. The van der Waals surface area contributed by atoms with Gasteiger partial charge in [0, 0.05) is 24.7 Å². The van der Waals surface area contributed by atoms with E-state index >= 15 is 0 Å². The molecule has 3 heteroatoms. The fourth-order valence-corrected chi connectivity index (χ4v) is 3.07. The molecule has 3 nitrogen and oxygen atoms in total. The molecule has 2 fully saturated rings. The topological polar surface area (TPSA) is 28.4 Å². The molecule has 3 rings (SSSR count). The van der Waals surface area contributed by atoms with Gasteiger partial charge in [0.2, 0.25) is 0 Å². The molecule has 2 aliphatic rings. The zero-order valence-electron chi connectivity index (χ0n) is 10.7. The predicted octanol–water partition coefficient (Wildman–Crippen LogP) is 2.56. The molecule has 0 spiro atoms. The van der Waals surface area contributed by atoms with Gasteiger partial charge in [-0.15, -0.1) is 0 Å². The number of furan rings is 1. The number of rotatable bonds is 4. The molecule has 1 aromatic rings. The molecule has 17 heavy (non-hydrogen) atoms. The molecule has 0 amide bonds. The third-order valence-electron chi connectivity index (χ3n) is 4.09. The van der Waals surface area contributed by atoms with E-state index in [1.807, 2.05) is 6.07 Å². The van der Waals surface area contributed by atoms with Crippen LogP contribution in [0.2, 0.25) is 0 Å². The summed E-state index contributed by atoms with van der Waals surface area (Å²) >= 11 is 0. The minimum atomic E-state index is 0.321. The SMILES string of the molecule is CC1CC(N[C@@H](C)c2ccco2)CN1C1CC1. The normalized spacial score (nSPS) is 31.9. The standard InChI is InChI=1S/C14H22N2O/c1-10-8-12(9-16(10)13-5-6-13)15-11(2)14-4-3-7-17-14/h3-4,7,10-13,15H,5-6,8-9H2,1-2H3/t10?,11-,12?/m0/s1. The van der Waals surface area contributed by atoms with Crippen molar-refractivity contribution in [1.29, 1.82) is 0 Å². The molecule has 0 radical (unpaired) electrons. The second kappa shape index (κ2) is 4.46. The van der Waals surface area contributed by atoms with Gasteiger partial charge in [0.1, 0.15) is 5.76 Å². The number of nitrogens with one attached hydrogen (secondary N) is 1. The van der Waals surface area contributed by atoms with Crippen LogP contribution in [0.1, 0.15) is 44.9 Å². The Morgan fingerprint density at radius 1 is 1.47 bits per heavy atom. The van der Waals surface area contributed by atoms with E-state index in [1.165, 1.54) is 25.8 Å². The number of hydrogen-bond acceptors (Lipinski definition) is 3. The molecule has 1 aromatic heterocycles. The third-order valence-corrected chi connectivity index (χ3v) is 4.09. The molecular weight excluding hydrogens is 212 g/mol. The van der Waals surface area contributed by atoms with Crippen LogP contribution in [-0.2, 0) is 0 Å². The van der Waals surface area contributed by atoms with Crippen LogP contribution in [0, 0.1) is 0 Å². The lowest BCUT2D eigenvalue weighted by Gasteiger charge is -2.20. The molecule has 0 aromatic carbocycles. The van der Waals surface area contributed by atoms with Gasteiger partial charge >= 0.3 is 0 Å². The van der Waals surface area contributed by atoms with Gasteiger partial charge in [0.15, 0.2) is 0 Å². The minimum absolute atomic E-state index is 0.321. The van der Waals surface area contributed by atoms with E-state index in [-0.39, 0.29) is 0 Å². The van der Waals surface area contributed by atoms with Crippen molar-refractivity contribution >= 4 is 0 Å². The summed E-state index contributed by atoms with van der Waals surface area (Å²) in [6.45, 7) is 5.75. The van der Waals surface area contributed by atoms with E-state index in [4.69, 9.17) is 4.42 Å². The van der Waals surface area contributed by atoms with Crippen molar-refractivity contribution in [2.75, 3.05) is 6.54 Å². The first kappa shape index (κ1) is 11.3. The van der Waals surface area contributed by atoms with Crippen molar-refractivity contribution in [3.05, 3.63) is 24.2 Å². The highest BCUT2D eigenvalue weighted by molar-refractivity contribution is 5.05. The molecule has 1 aliphatic carbocycles. The summed E-state index contributed by atoms with van der Waals surface area (Å²) in [5, 5.41) is 3.69. The van der Waals surface area contributed by atoms with Crippen molar-refractivity contribution < 1.29 is 4.42 Å². The van der Waals surface area contributed by atoms with Crippen LogP contribution in [0.25, 0.3) is 0 Å². The largest absolute Gasteiger partial charge is 0.468 e. The predicted molar refractivity (Wildman–Crippen MR) is 67.9 cm³/mol. The van der Waals surface area contributed by atoms with Crippen LogP contribution in [0.4, 0.5) is 0 Å². The van der Waals surface area contributed by atoms with Crippen LogP contribution in [0.5, 0.6) is 0 Å². The lowest BCUT2D eigenvalue weighted by atomic mass is 10.1. The van der Waals surface area contributed by atoms with E-state index in [0.29, 0.717) is 12.1 Å². The molecule has 1 saturated heterocycles. The molecule has 1 N–H and O–H groups in total. The smallest absolute Gasteiger partial charge is 0.120 e. The van der Waals surface area contributed by atoms with Crippen LogP contribution in [0.3, 0.4) is 0 Å². The lowest BCUT2D eigenvalue weighted by Crippen LogP contribution is -2.35. The highest BCUT2D eigenvalue weighted by atomic mass is 16.3. The summed E-state index contributed by atoms with van der Waals surface area (Å²) in [6, 6.07) is 6.57. The quantitative estimate of drug-likeness (QED) is 0.868. The number of nitrogens with zero attached hydrogens (tertiary/aromatic N) is 1. The Morgan fingerprint density at radius 2 is 2.29 bits per heavy atom. The molecule has 3 atom stereocenters. The molecule has 2 unspecified atom stereocenters. The summed E-state index contributed by atoms with van der Waals surface area (Å²) in [5.74, 6) is 1.04. The monoisotopic (exact) mass is 234 g/mol. The van der Waals surface area contributed by atoms with Crippen molar-refractivity contribution in [2.24, 2.45) is 0 Å². The summed E-state index contributed by atoms with van der Waals surface area (Å²) in [5.41, 5.74) is 0. The van der Waals surface area contributed by atoms with Gasteiger partial charge in [0.05, 0.1) is 12.3 Å². The van der Waals surface area contributed by atoms with Gasteiger partial charge in [-0.1, -0.05) is 0 Å². The second-order valence-corrected chi connectivity index (χ2v) is 5.61. The third kappa shape index (κ3) is 2.40. The highest BCUT2D eigenvalue weighted by Crippen LogP contribution is 2.33. The van der Waals surface area contributed by atoms with Gasteiger partial charge < -0.3 is 9.73 Å².